The molecule has 2 aromatic carbocycles. The Morgan fingerprint density at radius 2 is 1.94 bits per heavy atom. The second kappa shape index (κ2) is 8.06. The number of carbonyl (C=O) groups excluding carboxylic acids is 1. The summed E-state index contributed by atoms with van der Waals surface area (Å²) >= 11 is 0. The zero-order valence-corrected chi connectivity index (χ0v) is 17.7. The zero-order valence-electron chi connectivity index (χ0n) is 17.7. The molecule has 158 valence electrons. The second-order valence-corrected chi connectivity index (χ2v) is 7.30. The number of rotatable bonds is 5. The highest BCUT2D eigenvalue weighted by Crippen LogP contribution is 2.29. The number of amides is 1. The van der Waals surface area contributed by atoms with E-state index in [-0.39, 0.29) is 18.0 Å². The van der Waals surface area contributed by atoms with E-state index in [0.29, 0.717) is 28.3 Å². The smallest absolute Gasteiger partial charge is 0.297 e. The van der Waals surface area contributed by atoms with Gasteiger partial charge >= 0.3 is 0 Å². The molecule has 0 bridgehead atoms. The number of carbonyl (C=O) groups is 1. The van der Waals surface area contributed by atoms with Crippen molar-refractivity contribution in [3.63, 3.8) is 0 Å². The van der Waals surface area contributed by atoms with Crippen molar-refractivity contribution in [3.8, 4) is 17.0 Å². The van der Waals surface area contributed by atoms with E-state index < -0.39 is 5.56 Å². The van der Waals surface area contributed by atoms with Crippen LogP contribution < -0.4 is 15.6 Å². The first-order chi connectivity index (χ1) is 14.9. The number of anilines is 1. The minimum absolute atomic E-state index is 0.129. The van der Waals surface area contributed by atoms with Crippen LogP contribution in [0.2, 0.25) is 0 Å². The van der Waals surface area contributed by atoms with Gasteiger partial charge in [0.25, 0.3) is 5.56 Å². The molecule has 0 saturated heterocycles. The molecule has 0 spiro atoms. The summed E-state index contributed by atoms with van der Waals surface area (Å²) in [6, 6.07) is 13.0. The van der Waals surface area contributed by atoms with Crippen molar-refractivity contribution in [2.24, 2.45) is 0 Å². The Labute approximate surface area is 178 Å². The molecule has 2 aromatic heterocycles. The quantitative estimate of drug-likeness (QED) is 0.531. The number of aryl methyl sites for hydroxylation is 2. The summed E-state index contributed by atoms with van der Waals surface area (Å²) in [7, 11) is 1.57. The van der Waals surface area contributed by atoms with Crippen molar-refractivity contribution in [3.05, 3.63) is 69.7 Å². The van der Waals surface area contributed by atoms with E-state index in [2.05, 4.69) is 15.6 Å². The molecule has 0 radical (unpaired) electrons. The molecule has 0 saturated carbocycles. The van der Waals surface area contributed by atoms with Crippen molar-refractivity contribution in [1.82, 2.24) is 14.9 Å². The van der Waals surface area contributed by atoms with Crippen molar-refractivity contribution in [2.75, 3.05) is 12.4 Å². The van der Waals surface area contributed by atoms with E-state index in [1.807, 2.05) is 50.2 Å². The average molecular weight is 418 g/mol. The Morgan fingerprint density at radius 1 is 1.16 bits per heavy atom. The Morgan fingerprint density at radius 3 is 2.71 bits per heavy atom. The standard InChI is InChI=1S/C23H22N4O4/c1-13-7-5-10-18(14(13)2)24-19(28)12-27-23(29)22-20(15(3)31-26-22)21(25-27)16-8-6-9-17(11-16)30-4/h5-11H,12H2,1-4H3,(H,24,28). The third-order valence-corrected chi connectivity index (χ3v) is 5.27. The number of methoxy groups -OCH3 is 1. The lowest BCUT2D eigenvalue weighted by Gasteiger charge is -2.12. The van der Waals surface area contributed by atoms with Gasteiger partial charge in [0, 0.05) is 11.3 Å². The Bertz CT molecular complexity index is 1350. The maximum atomic E-state index is 12.9. The number of aromatic nitrogens is 3. The van der Waals surface area contributed by atoms with Gasteiger partial charge in [0.2, 0.25) is 5.91 Å². The van der Waals surface area contributed by atoms with Crippen molar-refractivity contribution in [1.29, 1.82) is 0 Å². The number of hydrogen-bond acceptors (Lipinski definition) is 6. The average Bonchev–Trinajstić information content (AvgIpc) is 3.15. The number of fused-ring (bicyclic) bond motifs is 1. The zero-order chi connectivity index (χ0) is 22.1. The lowest BCUT2D eigenvalue weighted by Crippen LogP contribution is -2.30. The SMILES string of the molecule is COc1cccc(-c2nn(CC(=O)Nc3cccc(C)c3C)c(=O)c3noc(C)c23)c1. The molecule has 0 fully saturated rings. The summed E-state index contributed by atoms with van der Waals surface area (Å²) < 4.78 is 11.7. The lowest BCUT2D eigenvalue weighted by atomic mass is 10.1. The van der Waals surface area contributed by atoms with Crippen LogP contribution in [0.1, 0.15) is 16.9 Å². The summed E-state index contributed by atoms with van der Waals surface area (Å²) in [5.74, 6) is 0.760. The molecule has 4 aromatic rings. The molecule has 1 N–H and O–H groups in total. The first-order valence-electron chi connectivity index (χ1n) is 9.76. The highest BCUT2D eigenvalue weighted by molar-refractivity contribution is 5.94. The topological polar surface area (TPSA) is 99.2 Å². The summed E-state index contributed by atoms with van der Waals surface area (Å²) in [6.45, 7) is 5.36. The number of nitrogens with one attached hydrogen (secondary N) is 1. The van der Waals surface area contributed by atoms with Crippen LogP contribution in [0.5, 0.6) is 5.75 Å². The van der Waals surface area contributed by atoms with Crippen LogP contribution in [0.3, 0.4) is 0 Å². The van der Waals surface area contributed by atoms with Gasteiger partial charge in [-0.05, 0) is 50.1 Å². The predicted molar refractivity (Wildman–Crippen MR) is 117 cm³/mol. The molecule has 1 amide bonds. The number of benzene rings is 2. The summed E-state index contributed by atoms with van der Waals surface area (Å²) in [5.41, 5.74) is 3.58. The second-order valence-electron chi connectivity index (χ2n) is 7.30. The largest absolute Gasteiger partial charge is 0.497 e. The van der Waals surface area contributed by atoms with Crippen LogP contribution in [0, 0.1) is 20.8 Å². The summed E-state index contributed by atoms with van der Waals surface area (Å²) in [5, 5.41) is 11.8. The molecular weight excluding hydrogens is 396 g/mol. The molecule has 2 heterocycles. The lowest BCUT2D eigenvalue weighted by molar-refractivity contribution is -0.117. The minimum atomic E-state index is -0.491. The Balaban J connectivity index is 1.76. The molecular formula is C23H22N4O4. The van der Waals surface area contributed by atoms with Gasteiger partial charge in [-0.1, -0.05) is 29.4 Å². The molecule has 4 rings (SSSR count). The summed E-state index contributed by atoms with van der Waals surface area (Å²) in [6.07, 6.45) is 0. The predicted octanol–water partition coefficient (Wildman–Crippen LogP) is 3.62. The van der Waals surface area contributed by atoms with Gasteiger partial charge in [0.05, 0.1) is 12.5 Å². The number of hydrogen-bond donors (Lipinski definition) is 1. The summed E-state index contributed by atoms with van der Waals surface area (Å²) in [4.78, 5) is 25.6. The Hall–Kier alpha value is -3.94. The molecule has 8 nitrogen and oxygen atoms in total. The first kappa shape index (κ1) is 20.3. The fraction of sp³-hybridized carbons (Fsp3) is 0.217. The van der Waals surface area contributed by atoms with Gasteiger partial charge in [-0.3, -0.25) is 9.59 Å². The van der Waals surface area contributed by atoms with Crippen LogP contribution in [-0.2, 0) is 11.3 Å². The molecule has 8 heteroatoms. The molecule has 0 aliphatic rings. The van der Waals surface area contributed by atoms with Crippen molar-refractivity contribution < 1.29 is 14.1 Å². The fourth-order valence-electron chi connectivity index (χ4n) is 3.43. The molecule has 31 heavy (non-hydrogen) atoms. The van der Waals surface area contributed by atoms with E-state index in [1.54, 1.807) is 20.1 Å². The van der Waals surface area contributed by atoms with Gasteiger partial charge < -0.3 is 14.6 Å². The van der Waals surface area contributed by atoms with Crippen LogP contribution in [0.25, 0.3) is 22.2 Å². The molecule has 0 aliphatic carbocycles. The van der Waals surface area contributed by atoms with Gasteiger partial charge in [0.1, 0.15) is 23.7 Å². The van der Waals surface area contributed by atoms with Crippen LogP contribution in [0.4, 0.5) is 5.69 Å². The molecule has 0 unspecified atom stereocenters. The molecule has 0 atom stereocenters. The third kappa shape index (κ3) is 3.79. The van der Waals surface area contributed by atoms with E-state index in [9.17, 15) is 9.59 Å². The van der Waals surface area contributed by atoms with Gasteiger partial charge in [-0.2, -0.15) is 5.10 Å². The van der Waals surface area contributed by atoms with Crippen LogP contribution in [-0.4, -0.2) is 28.0 Å². The Kier molecular flexibility index (Phi) is 5.29. The van der Waals surface area contributed by atoms with E-state index in [0.717, 1.165) is 21.4 Å². The van der Waals surface area contributed by atoms with Crippen molar-refractivity contribution in [2.45, 2.75) is 27.3 Å². The van der Waals surface area contributed by atoms with E-state index >= 15 is 0 Å². The number of nitrogens with zero attached hydrogens (tertiary/aromatic N) is 3. The van der Waals surface area contributed by atoms with Gasteiger partial charge in [-0.25, -0.2) is 4.68 Å². The van der Waals surface area contributed by atoms with E-state index in [1.165, 1.54) is 0 Å². The number of ether oxygens (including phenoxy) is 1. The monoisotopic (exact) mass is 418 g/mol. The highest BCUT2D eigenvalue weighted by Gasteiger charge is 2.20. The van der Waals surface area contributed by atoms with Crippen molar-refractivity contribution >= 4 is 22.5 Å². The third-order valence-electron chi connectivity index (χ3n) is 5.27. The van der Waals surface area contributed by atoms with Crippen LogP contribution >= 0.6 is 0 Å². The fourth-order valence-corrected chi connectivity index (χ4v) is 3.43. The van der Waals surface area contributed by atoms with E-state index in [4.69, 9.17) is 9.26 Å². The maximum Gasteiger partial charge on any atom is 0.297 e. The van der Waals surface area contributed by atoms with Gasteiger partial charge in [0.15, 0.2) is 5.52 Å². The normalized spacial score (nSPS) is 11.0. The molecule has 0 aliphatic heterocycles. The van der Waals surface area contributed by atoms with Crippen LogP contribution in [0.15, 0.2) is 51.8 Å². The maximum absolute atomic E-state index is 12.9. The first-order valence-corrected chi connectivity index (χ1v) is 9.76. The minimum Gasteiger partial charge on any atom is -0.497 e. The van der Waals surface area contributed by atoms with Gasteiger partial charge in [-0.15, -0.1) is 0 Å². The highest BCUT2D eigenvalue weighted by atomic mass is 16.5.